The molecular weight excluding hydrogens is 355 g/mol. The fraction of sp³-hybridized carbons (Fsp3) is 0.182. The molecule has 6 heteroatoms. The van der Waals surface area contributed by atoms with Crippen molar-refractivity contribution < 1.29 is 9.13 Å². The van der Waals surface area contributed by atoms with E-state index in [0.29, 0.717) is 24.7 Å². The molecule has 28 heavy (non-hydrogen) atoms. The van der Waals surface area contributed by atoms with Gasteiger partial charge in [-0.15, -0.1) is 0 Å². The first kappa shape index (κ1) is 16.7. The lowest BCUT2D eigenvalue weighted by molar-refractivity contribution is 0.356. The van der Waals surface area contributed by atoms with Crippen LogP contribution in [0.5, 0.6) is 5.75 Å². The van der Waals surface area contributed by atoms with Crippen LogP contribution in [-0.2, 0) is 13.0 Å². The lowest BCUT2D eigenvalue weighted by atomic mass is 10.0. The van der Waals surface area contributed by atoms with Crippen LogP contribution in [0.1, 0.15) is 16.8 Å². The maximum absolute atomic E-state index is 14.4. The molecule has 1 N–H and O–H groups in total. The SMILES string of the molecule is Cc1ncn2c(NCc3c(F)ccc4c3CCO4)ncc(-c3ccccc3)c12. The predicted octanol–water partition coefficient (Wildman–Crippen LogP) is 4.39. The Morgan fingerprint density at radius 2 is 2.00 bits per heavy atom. The molecule has 0 spiro atoms. The minimum absolute atomic E-state index is 0.226. The van der Waals surface area contributed by atoms with E-state index >= 15 is 0 Å². The summed E-state index contributed by atoms with van der Waals surface area (Å²) in [5.41, 5.74) is 5.58. The van der Waals surface area contributed by atoms with Crippen molar-refractivity contribution in [2.45, 2.75) is 19.9 Å². The number of anilines is 1. The molecule has 0 radical (unpaired) electrons. The van der Waals surface area contributed by atoms with E-state index < -0.39 is 0 Å². The van der Waals surface area contributed by atoms with Crippen LogP contribution in [0.4, 0.5) is 10.3 Å². The molecule has 3 heterocycles. The Kier molecular flexibility index (Phi) is 3.97. The second-order valence-electron chi connectivity index (χ2n) is 6.86. The first-order valence-electron chi connectivity index (χ1n) is 9.27. The van der Waals surface area contributed by atoms with E-state index in [-0.39, 0.29) is 5.82 Å². The standard InChI is InChI=1S/C22H19FN4O/c1-14-21-17(15-5-3-2-4-6-15)11-24-22(27(21)13-26-14)25-12-18-16-9-10-28-20(16)8-7-19(18)23/h2-8,11,13H,9-10,12H2,1H3,(H,24,25). The molecule has 0 aliphatic carbocycles. The highest BCUT2D eigenvalue weighted by Gasteiger charge is 2.20. The Morgan fingerprint density at radius 3 is 2.86 bits per heavy atom. The van der Waals surface area contributed by atoms with Gasteiger partial charge in [-0.05, 0) is 24.6 Å². The van der Waals surface area contributed by atoms with Crippen molar-refractivity contribution in [1.82, 2.24) is 14.4 Å². The molecule has 0 saturated carbocycles. The Bertz CT molecular complexity index is 1170. The molecule has 1 aliphatic rings. The van der Waals surface area contributed by atoms with Crippen LogP contribution in [0.2, 0.25) is 0 Å². The van der Waals surface area contributed by atoms with Crippen LogP contribution in [0.3, 0.4) is 0 Å². The quantitative estimate of drug-likeness (QED) is 0.576. The molecule has 0 fully saturated rings. The van der Waals surface area contributed by atoms with Crippen molar-refractivity contribution in [2.75, 3.05) is 11.9 Å². The first-order valence-corrected chi connectivity index (χ1v) is 9.27. The maximum atomic E-state index is 14.4. The predicted molar refractivity (Wildman–Crippen MR) is 106 cm³/mol. The fourth-order valence-corrected chi connectivity index (χ4v) is 3.81. The van der Waals surface area contributed by atoms with E-state index in [9.17, 15) is 4.39 Å². The summed E-state index contributed by atoms with van der Waals surface area (Å²) in [5, 5.41) is 3.28. The molecule has 2 aromatic heterocycles. The van der Waals surface area contributed by atoms with E-state index in [2.05, 4.69) is 27.4 Å². The number of benzene rings is 2. The fourth-order valence-electron chi connectivity index (χ4n) is 3.81. The van der Waals surface area contributed by atoms with Gasteiger partial charge in [-0.3, -0.25) is 4.40 Å². The second-order valence-corrected chi connectivity index (χ2v) is 6.86. The van der Waals surface area contributed by atoms with Gasteiger partial charge in [0.25, 0.3) is 0 Å². The van der Waals surface area contributed by atoms with Crippen molar-refractivity contribution >= 4 is 11.5 Å². The third-order valence-corrected chi connectivity index (χ3v) is 5.20. The Balaban J connectivity index is 1.53. The number of aryl methyl sites for hydroxylation is 1. The van der Waals surface area contributed by atoms with E-state index in [1.165, 1.54) is 6.07 Å². The van der Waals surface area contributed by atoms with Crippen molar-refractivity contribution in [3.63, 3.8) is 0 Å². The number of hydrogen-bond acceptors (Lipinski definition) is 4. The lowest BCUT2D eigenvalue weighted by Gasteiger charge is -2.13. The van der Waals surface area contributed by atoms with Crippen LogP contribution in [-0.4, -0.2) is 21.0 Å². The summed E-state index contributed by atoms with van der Waals surface area (Å²) in [6.07, 6.45) is 4.32. The van der Waals surface area contributed by atoms with E-state index in [1.54, 1.807) is 12.4 Å². The average molecular weight is 374 g/mol. The van der Waals surface area contributed by atoms with E-state index in [4.69, 9.17) is 4.74 Å². The highest BCUT2D eigenvalue weighted by Crippen LogP contribution is 2.31. The van der Waals surface area contributed by atoms with Gasteiger partial charge >= 0.3 is 0 Å². The second kappa shape index (κ2) is 6.64. The monoisotopic (exact) mass is 374 g/mol. The van der Waals surface area contributed by atoms with Gasteiger partial charge in [-0.2, -0.15) is 0 Å². The topological polar surface area (TPSA) is 51.5 Å². The van der Waals surface area contributed by atoms with Gasteiger partial charge in [0, 0.05) is 35.9 Å². The third kappa shape index (κ3) is 2.69. The van der Waals surface area contributed by atoms with Gasteiger partial charge in [0.15, 0.2) is 0 Å². The van der Waals surface area contributed by atoms with Crippen LogP contribution in [0.15, 0.2) is 55.0 Å². The Labute approximate surface area is 161 Å². The first-order chi connectivity index (χ1) is 13.7. The minimum atomic E-state index is -0.226. The molecule has 2 aromatic carbocycles. The molecule has 140 valence electrons. The van der Waals surface area contributed by atoms with Crippen molar-refractivity contribution in [1.29, 1.82) is 0 Å². The third-order valence-electron chi connectivity index (χ3n) is 5.20. The van der Waals surface area contributed by atoms with Gasteiger partial charge in [0.2, 0.25) is 5.95 Å². The molecule has 4 aromatic rings. The number of hydrogen-bond donors (Lipinski definition) is 1. The van der Waals surface area contributed by atoms with Crippen molar-refractivity contribution in [3.05, 3.63) is 77.6 Å². The van der Waals surface area contributed by atoms with Crippen LogP contribution >= 0.6 is 0 Å². The van der Waals surface area contributed by atoms with Crippen LogP contribution < -0.4 is 10.1 Å². The van der Waals surface area contributed by atoms with Crippen LogP contribution in [0, 0.1) is 12.7 Å². The molecule has 1 aliphatic heterocycles. The number of ether oxygens (including phenoxy) is 1. The van der Waals surface area contributed by atoms with Gasteiger partial charge in [0.05, 0.1) is 17.8 Å². The summed E-state index contributed by atoms with van der Waals surface area (Å²) in [5.74, 6) is 1.18. The zero-order valence-electron chi connectivity index (χ0n) is 15.4. The van der Waals surface area contributed by atoms with Gasteiger partial charge < -0.3 is 10.1 Å². The number of nitrogens with zero attached hydrogens (tertiary/aromatic N) is 3. The Hall–Kier alpha value is -3.41. The zero-order chi connectivity index (χ0) is 19.1. The number of nitrogens with one attached hydrogen (secondary N) is 1. The summed E-state index contributed by atoms with van der Waals surface area (Å²) in [6, 6.07) is 13.3. The normalized spacial score (nSPS) is 12.8. The van der Waals surface area contributed by atoms with E-state index in [0.717, 1.165) is 40.1 Å². The summed E-state index contributed by atoms with van der Waals surface area (Å²) < 4.78 is 21.9. The van der Waals surface area contributed by atoms with Crippen LogP contribution in [0.25, 0.3) is 16.6 Å². The summed E-state index contributed by atoms with van der Waals surface area (Å²) >= 11 is 0. The zero-order valence-corrected chi connectivity index (χ0v) is 15.4. The Morgan fingerprint density at radius 1 is 1.14 bits per heavy atom. The average Bonchev–Trinajstić information content (AvgIpc) is 3.35. The molecule has 5 nitrogen and oxygen atoms in total. The number of aromatic nitrogens is 3. The molecule has 0 bridgehead atoms. The van der Waals surface area contributed by atoms with Crippen molar-refractivity contribution in [2.24, 2.45) is 0 Å². The smallest absolute Gasteiger partial charge is 0.208 e. The molecule has 0 amide bonds. The number of rotatable bonds is 4. The van der Waals surface area contributed by atoms with Gasteiger partial charge in [-0.25, -0.2) is 14.4 Å². The highest BCUT2D eigenvalue weighted by atomic mass is 19.1. The van der Waals surface area contributed by atoms with Crippen molar-refractivity contribution in [3.8, 4) is 16.9 Å². The lowest BCUT2D eigenvalue weighted by Crippen LogP contribution is -2.09. The maximum Gasteiger partial charge on any atom is 0.208 e. The van der Waals surface area contributed by atoms with Gasteiger partial charge in [0.1, 0.15) is 17.9 Å². The van der Waals surface area contributed by atoms with Gasteiger partial charge in [-0.1, -0.05) is 30.3 Å². The molecule has 5 rings (SSSR count). The molecule has 0 atom stereocenters. The van der Waals surface area contributed by atoms with E-state index in [1.807, 2.05) is 35.7 Å². The largest absolute Gasteiger partial charge is 0.493 e. The summed E-state index contributed by atoms with van der Waals surface area (Å²) in [7, 11) is 0. The molecule has 0 unspecified atom stereocenters. The molecular formula is C22H19FN4O. The molecule has 0 saturated heterocycles. The number of imidazole rings is 1. The number of halogens is 1. The highest BCUT2D eigenvalue weighted by molar-refractivity contribution is 5.82. The number of fused-ring (bicyclic) bond motifs is 2. The summed E-state index contributed by atoms with van der Waals surface area (Å²) in [4.78, 5) is 9.05. The minimum Gasteiger partial charge on any atom is -0.493 e. The summed E-state index contributed by atoms with van der Waals surface area (Å²) in [6.45, 7) is 2.91.